The summed E-state index contributed by atoms with van der Waals surface area (Å²) in [6, 6.07) is 29.5. The number of rotatable bonds is 2. The molecule has 0 bridgehead atoms. The number of benzene rings is 3. The van der Waals surface area contributed by atoms with Gasteiger partial charge in [-0.1, -0.05) is 48.5 Å². The summed E-state index contributed by atoms with van der Waals surface area (Å²) < 4.78 is 3.54. The molecule has 0 saturated heterocycles. The zero-order valence-electron chi connectivity index (χ0n) is 12.9. The quantitative estimate of drug-likeness (QED) is 0.394. The first-order chi connectivity index (χ1) is 11.9. The van der Waals surface area contributed by atoms with Crippen LogP contribution in [0.15, 0.2) is 84.9 Å². The third-order valence-corrected chi connectivity index (χ3v) is 5.33. The van der Waals surface area contributed by atoms with Crippen molar-refractivity contribution in [2.45, 2.75) is 0 Å². The number of thiophene rings is 1. The van der Waals surface area contributed by atoms with Gasteiger partial charge in [0.05, 0.1) is 15.9 Å². The lowest BCUT2D eigenvalue weighted by atomic mass is 10.2. The maximum Gasteiger partial charge on any atom is 0.155 e. The Hall–Kier alpha value is -2.91. The van der Waals surface area contributed by atoms with Crippen molar-refractivity contribution in [2.75, 3.05) is 0 Å². The van der Waals surface area contributed by atoms with Crippen molar-refractivity contribution in [3.63, 3.8) is 0 Å². The smallest absolute Gasteiger partial charge is 0.155 e. The SMILES string of the molecule is c1ccc(-n2c(-c3cc4ccccc4s3)nc3ccccc32)cc1. The molecule has 2 heterocycles. The predicted molar refractivity (Wildman–Crippen MR) is 102 cm³/mol. The van der Waals surface area contributed by atoms with Gasteiger partial charge in [0.1, 0.15) is 0 Å². The van der Waals surface area contributed by atoms with Crippen LogP contribution in [0.1, 0.15) is 0 Å². The van der Waals surface area contributed by atoms with E-state index in [0.29, 0.717) is 0 Å². The van der Waals surface area contributed by atoms with Crippen molar-refractivity contribution in [1.29, 1.82) is 0 Å². The lowest BCUT2D eigenvalue weighted by Gasteiger charge is -2.07. The van der Waals surface area contributed by atoms with E-state index in [1.54, 1.807) is 11.3 Å². The molecule has 3 heteroatoms. The molecular weight excluding hydrogens is 312 g/mol. The molecule has 0 N–H and O–H groups in total. The van der Waals surface area contributed by atoms with Gasteiger partial charge in [0.15, 0.2) is 5.82 Å². The fraction of sp³-hybridized carbons (Fsp3) is 0. The number of nitrogens with zero attached hydrogens (tertiary/aromatic N) is 2. The highest BCUT2D eigenvalue weighted by molar-refractivity contribution is 7.22. The van der Waals surface area contributed by atoms with E-state index in [4.69, 9.17) is 4.98 Å². The Morgan fingerprint density at radius 2 is 1.50 bits per heavy atom. The minimum Gasteiger partial charge on any atom is -0.292 e. The molecule has 0 saturated carbocycles. The first-order valence-corrected chi connectivity index (χ1v) is 8.74. The van der Waals surface area contributed by atoms with E-state index < -0.39 is 0 Å². The van der Waals surface area contributed by atoms with Crippen LogP contribution in [0.2, 0.25) is 0 Å². The van der Waals surface area contributed by atoms with E-state index in [-0.39, 0.29) is 0 Å². The van der Waals surface area contributed by atoms with Gasteiger partial charge in [-0.25, -0.2) is 4.98 Å². The first kappa shape index (κ1) is 13.5. The molecule has 5 aromatic rings. The highest BCUT2D eigenvalue weighted by Crippen LogP contribution is 2.36. The summed E-state index contributed by atoms with van der Waals surface area (Å²) in [6.07, 6.45) is 0. The number of fused-ring (bicyclic) bond motifs is 2. The van der Waals surface area contributed by atoms with Crippen LogP contribution in [-0.4, -0.2) is 9.55 Å². The Balaban J connectivity index is 1.85. The molecule has 0 unspecified atom stereocenters. The average molecular weight is 326 g/mol. The molecule has 0 spiro atoms. The van der Waals surface area contributed by atoms with E-state index in [9.17, 15) is 0 Å². The Morgan fingerprint density at radius 3 is 2.38 bits per heavy atom. The van der Waals surface area contributed by atoms with Gasteiger partial charge < -0.3 is 0 Å². The monoisotopic (exact) mass is 326 g/mol. The summed E-state index contributed by atoms with van der Waals surface area (Å²) in [5.41, 5.74) is 3.30. The van der Waals surface area contributed by atoms with Gasteiger partial charge in [-0.3, -0.25) is 4.57 Å². The van der Waals surface area contributed by atoms with Crippen molar-refractivity contribution in [3.8, 4) is 16.4 Å². The van der Waals surface area contributed by atoms with Gasteiger partial charge in [0, 0.05) is 10.4 Å². The second-order valence-corrected chi connectivity index (χ2v) is 6.83. The minimum absolute atomic E-state index is 1.00. The zero-order valence-corrected chi connectivity index (χ0v) is 13.7. The number of aromatic nitrogens is 2. The van der Waals surface area contributed by atoms with Crippen LogP contribution in [0.4, 0.5) is 0 Å². The molecule has 0 aliphatic carbocycles. The zero-order chi connectivity index (χ0) is 15.9. The second-order valence-electron chi connectivity index (χ2n) is 5.74. The maximum absolute atomic E-state index is 4.93. The van der Waals surface area contributed by atoms with E-state index in [2.05, 4.69) is 77.4 Å². The number of hydrogen-bond donors (Lipinski definition) is 0. The molecule has 0 fully saturated rings. The molecule has 3 aromatic carbocycles. The van der Waals surface area contributed by atoms with Crippen molar-refractivity contribution in [2.24, 2.45) is 0 Å². The predicted octanol–water partition coefficient (Wildman–Crippen LogP) is 5.91. The topological polar surface area (TPSA) is 17.8 Å². The van der Waals surface area contributed by atoms with Crippen molar-refractivity contribution in [1.82, 2.24) is 9.55 Å². The van der Waals surface area contributed by atoms with Crippen molar-refractivity contribution in [3.05, 3.63) is 84.9 Å². The van der Waals surface area contributed by atoms with Gasteiger partial charge in [0.25, 0.3) is 0 Å². The van der Waals surface area contributed by atoms with E-state index in [0.717, 1.165) is 22.5 Å². The Kier molecular flexibility index (Phi) is 3.00. The third-order valence-electron chi connectivity index (χ3n) is 4.22. The molecule has 2 aromatic heterocycles. The Labute approximate surface area is 143 Å². The summed E-state index contributed by atoms with van der Waals surface area (Å²) in [5.74, 6) is 1.00. The standard InChI is InChI=1S/C21H14N2S/c1-2-9-16(10-3-1)23-18-12-6-5-11-17(18)22-21(23)20-14-15-8-4-7-13-19(15)24-20/h1-14H. The van der Waals surface area contributed by atoms with E-state index >= 15 is 0 Å². The molecule has 2 nitrogen and oxygen atoms in total. The molecule has 0 radical (unpaired) electrons. The highest BCUT2D eigenvalue weighted by Gasteiger charge is 2.15. The third kappa shape index (κ3) is 2.06. The molecule has 0 atom stereocenters. The summed E-state index contributed by atoms with van der Waals surface area (Å²) in [5, 5.41) is 1.27. The van der Waals surface area contributed by atoms with Crippen LogP contribution in [0, 0.1) is 0 Å². The molecule has 0 amide bonds. The fourth-order valence-corrected chi connectivity index (χ4v) is 4.16. The lowest BCUT2D eigenvalue weighted by Crippen LogP contribution is -1.95. The normalized spacial score (nSPS) is 11.3. The van der Waals surface area contributed by atoms with E-state index in [1.807, 2.05) is 12.1 Å². The first-order valence-electron chi connectivity index (χ1n) is 7.92. The molecule has 114 valence electrons. The van der Waals surface area contributed by atoms with Gasteiger partial charge >= 0.3 is 0 Å². The van der Waals surface area contributed by atoms with Crippen LogP contribution in [-0.2, 0) is 0 Å². The van der Waals surface area contributed by atoms with Crippen molar-refractivity contribution >= 4 is 32.5 Å². The molecular formula is C21H14N2S. The Morgan fingerprint density at radius 1 is 0.750 bits per heavy atom. The summed E-state index contributed by atoms with van der Waals surface area (Å²) in [7, 11) is 0. The average Bonchev–Trinajstić information content (AvgIpc) is 3.23. The molecule has 24 heavy (non-hydrogen) atoms. The molecule has 0 aliphatic heterocycles. The molecule has 5 rings (SSSR count). The number of hydrogen-bond acceptors (Lipinski definition) is 2. The highest BCUT2D eigenvalue weighted by atomic mass is 32.1. The van der Waals surface area contributed by atoms with E-state index in [1.165, 1.54) is 15.0 Å². The summed E-state index contributed by atoms with van der Waals surface area (Å²) in [6.45, 7) is 0. The Bertz CT molecular complexity index is 1120. The second kappa shape index (κ2) is 5.32. The molecule has 0 aliphatic rings. The lowest BCUT2D eigenvalue weighted by molar-refractivity contribution is 1.11. The van der Waals surface area contributed by atoms with Crippen LogP contribution in [0.5, 0.6) is 0 Å². The largest absolute Gasteiger partial charge is 0.292 e. The number of imidazole rings is 1. The van der Waals surface area contributed by atoms with Crippen molar-refractivity contribution < 1.29 is 0 Å². The summed E-state index contributed by atoms with van der Waals surface area (Å²) >= 11 is 1.79. The maximum atomic E-state index is 4.93. The van der Waals surface area contributed by atoms with Crippen LogP contribution in [0.25, 0.3) is 37.5 Å². The number of para-hydroxylation sites is 3. The minimum atomic E-state index is 1.00. The van der Waals surface area contributed by atoms with Gasteiger partial charge in [-0.05, 0) is 41.8 Å². The van der Waals surface area contributed by atoms with Gasteiger partial charge in [0.2, 0.25) is 0 Å². The van der Waals surface area contributed by atoms with Crippen LogP contribution in [0.3, 0.4) is 0 Å². The summed E-state index contributed by atoms with van der Waals surface area (Å²) in [4.78, 5) is 6.12. The van der Waals surface area contributed by atoms with Crippen LogP contribution < -0.4 is 0 Å². The van der Waals surface area contributed by atoms with Gasteiger partial charge in [-0.2, -0.15) is 0 Å². The van der Waals surface area contributed by atoms with Gasteiger partial charge in [-0.15, -0.1) is 11.3 Å². The van der Waals surface area contributed by atoms with Crippen LogP contribution >= 0.6 is 11.3 Å². The fourth-order valence-electron chi connectivity index (χ4n) is 3.12.